The number of esters is 1. The van der Waals surface area contributed by atoms with Crippen LogP contribution in [0.1, 0.15) is 37.4 Å². The van der Waals surface area contributed by atoms with Crippen LogP contribution in [0.15, 0.2) is 48.5 Å². The zero-order chi connectivity index (χ0) is 21.2. The lowest BCUT2D eigenvalue weighted by atomic mass is 9.97. The Morgan fingerprint density at radius 1 is 0.966 bits per heavy atom. The Labute approximate surface area is 172 Å². The normalized spacial score (nSPS) is 11.6. The Morgan fingerprint density at radius 2 is 1.66 bits per heavy atom. The van der Waals surface area contributed by atoms with Gasteiger partial charge in [0.05, 0.1) is 26.7 Å². The van der Waals surface area contributed by atoms with Gasteiger partial charge in [0.2, 0.25) is 0 Å². The van der Waals surface area contributed by atoms with Crippen LogP contribution in [0.3, 0.4) is 0 Å². The summed E-state index contributed by atoms with van der Waals surface area (Å²) in [6.45, 7) is 3.89. The number of carbonyl (C=O) groups is 2. The number of ether oxygens (including phenoxy) is 3. The third kappa shape index (κ3) is 7.14. The van der Waals surface area contributed by atoms with E-state index in [9.17, 15) is 9.59 Å². The van der Waals surface area contributed by atoms with Crippen LogP contribution >= 0.6 is 0 Å². The van der Waals surface area contributed by atoms with E-state index in [1.165, 1.54) is 7.11 Å². The molecular formula is C23H29NO5. The third-order valence-electron chi connectivity index (χ3n) is 4.40. The summed E-state index contributed by atoms with van der Waals surface area (Å²) in [6, 6.07) is 14.9. The van der Waals surface area contributed by atoms with Gasteiger partial charge in [-0.25, -0.2) is 0 Å². The van der Waals surface area contributed by atoms with Crippen molar-refractivity contribution in [2.45, 2.75) is 32.7 Å². The van der Waals surface area contributed by atoms with E-state index in [4.69, 9.17) is 14.2 Å². The molecule has 0 aliphatic heterocycles. The maximum Gasteiger partial charge on any atom is 0.310 e. The summed E-state index contributed by atoms with van der Waals surface area (Å²) in [5, 5.41) is 2.96. The molecule has 1 N–H and O–H groups in total. The first-order chi connectivity index (χ1) is 13.9. The van der Waals surface area contributed by atoms with Crippen LogP contribution in [0.2, 0.25) is 0 Å². The molecule has 0 spiro atoms. The number of hydrogen-bond donors (Lipinski definition) is 1. The molecule has 0 radical (unpaired) electrons. The van der Waals surface area contributed by atoms with Crippen molar-refractivity contribution in [2.24, 2.45) is 5.92 Å². The molecule has 0 bridgehead atoms. The summed E-state index contributed by atoms with van der Waals surface area (Å²) < 4.78 is 15.6. The van der Waals surface area contributed by atoms with Crippen molar-refractivity contribution < 1.29 is 23.8 Å². The van der Waals surface area contributed by atoms with Crippen LogP contribution < -0.4 is 14.8 Å². The second kappa shape index (κ2) is 11.1. The highest BCUT2D eigenvalue weighted by molar-refractivity contribution is 5.81. The average Bonchev–Trinajstić information content (AvgIpc) is 2.72. The van der Waals surface area contributed by atoms with Crippen LogP contribution in [0.5, 0.6) is 11.5 Å². The van der Waals surface area contributed by atoms with E-state index < -0.39 is 5.97 Å². The number of hydrogen-bond acceptors (Lipinski definition) is 5. The van der Waals surface area contributed by atoms with E-state index in [0.29, 0.717) is 17.4 Å². The Hall–Kier alpha value is -3.02. The zero-order valence-corrected chi connectivity index (χ0v) is 17.4. The van der Waals surface area contributed by atoms with Crippen LogP contribution in [-0.4, -0.2) is 32.7 Å². The molecule has 2 rings (SSSR count). The molecule has 2 aromatic carbocycles. The van der Waals surface area contributed by atoms with Gasteiger partial charge in [-0.2, -0.15) is 0 Å². The molecule has 0 saturated carbocycles. The van der Waals surface area contributed by atoms with Crippen molar-refractivity contribution in [3.63, 3.8) is 0 Å². The smallest absolute Gasteiger partial charge is 0.310 e. The summed E-state index contributed by atoms with van der Waals surface area (Å²) in [5.74, 6) is 0.733. The fraction of sp³-hybridized carbons (Fsp3) is 0.391. The second-order valence-corrected chi connectivity index (χ2v) is 7.19. The molecule has 156 valence electrons. The quantitative estimate of drug-likeness (QED) is 0.617. The van der Waals surface area contributed by atoms with Gasteiger partial charge in [0, 0.05) is 0 Å². The number of benzene rings is 2. The van der Waals surface area contributed by atoms with E-state index in [-0.39, 0.29) is 25.0 Å². The van der Waals surface area contributed by atoms with Crippen molar-refractivity contribution in [3.05, 3.63) is 59.7 Å². The molecule has 2 aromatic rings. The molecule has 6 nitrogen and oxygen atoms in total. The van der Waals surface area contributed by atoms with Gasteiger partial charge >= 0.3 is 5.97 Å². The molecule has 0 heterocycles. The van der Waals surface area contributed by atoms with Crippen molar-refractivity contribution in [2.75, 3.05) is 20.8 Å². The fourth-order valence-corrected chi connectivity index (χ4v) is 3.03. The van der Waals surface area contributed by atoms with Crippen LogP contribution in [0, 0.1) is 5.92 Å². The largest absolute Gasteiger partial charge is 0.493 e. The molecule has 0 aliphatic rings. The van der Waals surface area contributed by atoms with Gasteiger partial charge in [0.25, 0.3) is 5.91 Å². The Bertz CT molecular complexity index is 804. The summed E-state index contributed by atoms with van der Waals surface area (Å²) in [5.41, 5.74) is 1.75. The van der Waals surface area contributed by atoms with Gasteiger partial charge in [-0.15, -0.1) is 0 Å². The number of methoxy groups -OCH3 is 2. The average molecular weight is 399 g/mol. The number of rotatable bonds is 10. The number of amides is 1. The lowest BCUT2D eigenvalue weighted by molar-refractivity contribution is -0.148. The van der Waals surface area contributed by atoms with Crippen molar-refractivity contribution in [1.82, 2.24) is 5.32 Å². The lowest BCUT2D eigenvalue weighted by Gasteiger charge is -2.21. The SMILES string of the molecule is COc1ccc(CC(=O)OCC(=O)N[C@H](CC(C)C)c2ccccc2)cc1OC. The third-order valence-corrected chi connectivity index (χ3v) is 4.40. The van der Waals surface area contributed by atoms with Gasteiger partial charge in [-0.05, 0) is 35.6 Å². The monoisotopic (exact) mass is 399 g/mol. The zero-order valence-electron chi connectivity index (χ0n) is 17.4. The number of nitrogens with one attached hydrogen (secondary N) is 1. The predicted octanol–water partition coefficient (Wildman–Crippen LogP) is 3.69. The van der Waals surface area contributed by atoms with Gasteiger partial charge in [-0.1, -0.05) is 50.2 Å². The second-order valence-electron chi connectivity index (χ2n) is 7.19. The van der Waals surface area contributed by atoms with Gasteiger partial charge in [0.1, 0.15) is 0 Å². The standard InChI is InChI=1S/C23H29NO5/c1-16(2)12-19(18-8-6-5-7-9-18)24-22(25)15-29-23(26)14-17-10-11-20(27-3)21(13-17)28-4/h5-11,13,16,19H,12,14-15H2,1-4H3,(H,24,25)/t19-/m1/s1. The van der Waals surface area contributed by atoms with E-state index in [0.717, 1.165) is 17.5 Å². The molecule has 29 heavy (non-hydrogen) atoms. The van der Waals surface area contributed by atoms with Gasteiger partial charge in [-0.3, -0.25) is 9.59 Å². The topological polar surface area (TPSA) is 73.9 Å². The Kier molecular flexibility index (Phi) is 8.52. The van der Waals surface area contributed by atoms with E-state index in [1.807, 2.05) is 30.3 Å². The van der Waals surface area contributed by atoms with E-state index in [1.54, 1.807) is 25.3 Å². The van der Waals surface area contributed by atoms with Gasteiger partial charge < -0.3 is 19.5 Å². The minimum atomic E-state index is -0.479. The summed E-state index contributed by atoms with van der Waals surface area (Å²) in [7, 11) is 3.08. The maximum atomic E-state index is 12.3. The summed E-state index contributed by atoms with van der Waals surface area (Å²) >= 11 is 0. The first-order valence-corrected chi connectivity index (χ1v) is 9.63. The molecular weight excluding hydrogens is 370 g/mol. The predicted molar refractivity (Wildman–Crippen MR) is 111 cm³/mol. The first kappa shape index (κ1) is 22.3. The lowest BCUT2D eigenvalue weighted by Crippen LogP contribution is -2.33. The minimum Gasteiger partial charge on any atom is -0.493 e. The first-order valence-electron chi connectivity index (χ1n) is 9.63. The highest BCUT2D eigenvalue weighted by atomic mass is 16.5. The van der Waals surface area contributed by atoms with Crippen LogP contribution in [0.4, 0.5) is 0 Å². The fourth-order valence-electron chi connectivity index (χ4n) is 3.03. The van der Waals surface area contributed by atoms with Crippen LogP contribution in [0.25, 0.3) is 0 Å². The molecule has 1 amide bonds. The highest BCUT2D eigenvalue weighted by Crippen LogP contribution is 2.27. The van der Waals surface area contributed by atoms with Crippen molar-refractivity contribution >= 4 is 11.9 Å². The van der Waals surface area contributed by atoms with E-state index >= 15 is 0 Å². The molecule has 6 heteroatoms. The highest BCUT2D eigenvalue weighted by Gasteiger charge is 2.17. The number of carbonyl (C=O) groups excluding carboxylic acids is 2. The molecule has 0 aromatic heterocycles. The molecule has 0 aliphatic carbocycles. The summed E-state index contributed by atoms with van der Waals surface area (Å²) in [6.07, 6.45) is 0.844. The minimum absolute atomic E-state index is 0.0434. The van der Waals surface area contributed by atoms with Gasteiger partial charge in [0.15, 0.2) is 18.1 Å². The van der Waals surface area contributed by atoms with Crippen molar-refractivity contribution in [3.8, 4) is 11.5 Å². The Balaban J connectivity index is 1.89. The summed E-state index contributed by atoms with van der Waals surface area (Å²) in [4.78, 5) is 24.5. The molecule has 1 atom stereocenters. The van der Waals surface area contributed by atoms with Crippen molar-refractivity contribution in [1.29, 1.82) is 0 Å². The van der Waals surface area contributed by atoms with E-state index in [2.05, 4.69) is 19.2 Å². The molecule has 0 saturated heterocycles. The maximum absolute atomic E-state index is 12.3. The molecule has 0 fully saturated rings. The van der Waals surface area contributed by atoms with Crippen LogP contribution in [-0.2, 0) is 20.7 Å². The Morgan fingerprint density at radius 3 is 2.28 bits per heavy atom. The molecule has 0 unspecified atom stereocenters.